The van der Waals surface area contributed by atoms with Crippen LogP contribution >= 0.6 is 11.6 Å². The normalized spacial score (nSPS) is 23.6. The fourth-order valence-electron chi connectivity index (χ4n) is 3.09. The van der Waals surface area contributed by atoms with Gasteiger partial charge in [-0.1, -0.05) is 30.2 Å². The van der Waals surface area contributed by atoms with Crippen molar-refractivity contribution in [2.75, 3.05) is 13.6 Å². The molecule has 20 heavy (non-hydrogen) atoms. The maximum absolute atomic E-state index is 12.7. The van der Waals surface area contributed by atoms with Gasteiger partial charge in [0.05, 0.1) is 6.04 Å². The Balaban J connectivity index is 2.10. The molecule has 1 saturated carbocycles. The molecule has 1 amide bonds. The third kappa shape index (κ3) is 3.15. The summed E-state index contributed by atoms with van der Waals surface area (Å²) in [4.78, 5) is 14.5. The quantitative estimate of drug-likeness (QED) is 0.926. The second-order valence-corrected chi connectivity index (χ2v) is 6.15. The summed E-state index contributed by atoms with van der Waals surface area (Å²) in [6.07, 6.45) is 3.15. The van der Waals surface area contributed by atoms with E-state index in [-0.39, 0.29) is 17.9 Å². The highest BCUT2D eigenvalue weighted by atomic mass is 35.5. The lowest BCUT2D eigenvalue weighted by molar-refractivity contribution is -0.137. The van der Waals surface area contributed by atoms with Gasteiger partial charge in [-0.25, -0.2) is 0 Å². The molecule has 1 aliphatic rings. The van der Waals surface area contributed by atoms with Gasteiger partial charge in [-0.2, -0.15) is 0 Å². The van der Waals surface area contributed by atoms with Crippen LogP contribution in [0.1, 0.15) is 37.8 Å². The molecule has 1 aromatic rings. The van der Waals surface area contributed by atoms with E-state index in [1.807, 2.05) is 43.1 Å². The monoisotopic (exact) mass is 294 g/mol. The minimum Gasteiger partial charge on any atom is -0.339 e. The molecule has 0 aliphatic heterocycles. The summed E-state index contributed by atoms with van der Waals surface area (Å²) in [5, 5.41) is 0.705. The minimum atomic E-state index is 0.0280. The van der Waals surface area contributed by atoms with Crippen molar-refractivity contribution in [1.29, 1.82) is 0 Å². The van der Waals surface area contributed by atoms with Gasteiger partial charge in [-0.15, -0.1) is 0 Å². The van der Waals surface area contributed by atoms with E-state index in [2.05, 4.69) is 0 Å². The smallest absolute Gasteiger partial charge is 0.226 e. The summed E-state index contributed by atoms with van der Waals surface area (Å²) >= 11 is 6.03. The first-order valence-electron chi connectivity index (χ1n) is 7.26. The number of carbonyl (C=O) groups excluding carboxylic acids is 1. The number of rotatable bonds is 4. The fraction of sp³-hybridized carbons (Fsp3) is 0.562. The molecule has 1 aliphatic carbocycles. The molecule has 0 spiro atoms. The van der Waals surface area contributed by atoms with Crippen LogP contribution in [0.15, 0.2) is 24.3 Å². The lowest BCUT2D eigenvalue weighted by Gasteiger charge is -2.30. The Kier molecular flexibility index (Phi) is 5.06. The predicted octanol–water partition coefficient (Wildman–Crippen LogP) is 3.23. The van der Waals surface area contributed by atoms with Gasteiger partial charge in [0, 0.05) is 18.0 Å². The number of hydrogen-bond acceptors (Lipinski definition) is 2. The molecule has 3 nitrogen and oxygen atoms in total. The van der Waals surface area contributed by atoms with Crippen molar-refractivity contribution in [3.8, 4) is 0 Å². The Hall–Kier alpha value is -1.06. The van der Waals surface area contributed by atoms with E-state index >= 15 is 0 Å². The van der Waals surface area contributed by atoms with Crippen LogP contribution in [0.4, 0.5) is 0 Å². The molecule has 1 aromatic carbocycles. The SMILES string of the molecule is CC(c1cccc(Cl)c1)N(C)C(=O)C1CCCC1CN. The average Bonchev–Trinajstić information content (AvgIpc) is 2.93. The molecular weight excluding hydrogens is 272 g/mol. The van der Waals surface area contributed by atoms with E-state index in [1.165, 1.54) is 0 Å². The number of carbonyl (C=O) groups is 1. The van der Waals surface area contributed by atoms with Crippen molar-refractivity contribution in [2.45, 2.75) is 32.2 Å². The Morgan fingerprint density at radius 3 is 2.90 bits per heavy atom. The van der Waals surface area contributed by atoms with Gasteiger partial charge in [0.2, 0.25) is 5.91 Å². The molecule has 0 saturated heterocycles. The summed E-state index contributed by atoms with van der Waals surface area (Å²) < 4.78 is 0. The zero-order chi connectivity index (χ0) is 14.7. The third-order valence-electron chi connectivity index (χ3n) is 4.54. The molecular formula is C16H23ClN2O. The van der Waals surface area contributed by atoms with E-state index in [0.717, 1.165) is 24.8 Å². The standard InChI is InChI=1S/C16H23ClN2O/c1-11(12-5-3-7-14(17)9-12)19(2)16(20)15-8-4-6-13(15)10-18/h3,5,7,9,11,13,15H,4,6,8,10,18H2,1-2H3. The Morgan fingerprint density at radius 2 is 2.25 bits per heavy atom. The zero-order valence-electron chi connectivity index (χ0n) is 12.2. The highest BCUT2D eigenvalue weighted by Gasteiger charge is 2.34. The molecule has 0 aromatic heterocycles. The molecule has 0 radical (unpaired) electrons. The summed E-state index contributed by atoms with van der Waals surface area (Å²) in [5.74, 6) is 0.647. The molecule has 0 heterocycles. The summed E-state index contributed by atoms with van der Waals surface area (Å²) in [6.45, 7) is 2.64. The second-order valence-electron chi connectivity index (χ2n) is 5.71. The van der Waals surface area contributed by atoms with Crippen LogP contribution < -0.4 is 5.73 Å². The van der Waals surface area contributed by atoms with Crippen molar-refractivity contribution >= 4 is 17.5 Å². The van der Waals surface area contributed by atoms with E-state index in [1.54, 1.807) is 0 Å². The number of hydrogen-bond donors (Lipinski definition) is 1. The molecule has 110 valence electrons. The van der Waals surface area contributed by atoms with Crippen molar-refractivity contribution in [3.63, 3.8) is 0 Å². The van der Waals surface area contributed by atoms with Crippen LogP contribution in [0.5, 0.6) is 0 Å². The van der Waals surface area contributed by atoms with Crippen LogP contribution in [0.25, 0.3) is 0 Å². The first kappa shape index (κ1) is 15.3. The Bertz CT molecular complexity index is 477. The van der Waals surface area contributed by atoms with Gasteiger partial charge in [0.15, 0.2) is 0 Å². The van der Waals surface area contributed by atoms with E-state index in [4.69, 9.17) is 17.3 Å². The van der Waals surface area contributed by atoms with E-state index in [0.29, 0.717) is 17.5 Å². The molecule has 3 atom stereocenters. The zero-order valence-corrected chi connectivity index (χ0v) is 12.9. The summed E-state index contributed by atoms with van der Waals surface area (Å²) in [6, 6.07) is 7.73. The van der Waals surface area contributed by atoms with Crippen LogP contribution in [-0.4, -0.2) is 24.4 Å². The van der Waals surface area contributed by atoms with E-state index in [9.17, 15) is 4.79 Å². The Morgan fingerprint density at radius 1 is 1.50 bits per heavy atom. The van der Waals surface area contributed by atoms with Crippen LogP contribution in [-0.2, 0) is 4.79 Å². The molecule has 2 rings (SSSR count). The predicted molar refractivity (Wildman–Crippen MR) is 82.5 cm³/mol. The second kappa shape index (κ2) is 6.59. The summed E-state index contributed by atoms with van der Waals surface area (Å²) in [5.41, 5.74) is 6.85. The van der Waals surface area contributed by atoms with Crippen molar-refractivity contribution in [1.82, 2.24) is 4.90 Å². The topological polar surface area (TPSA) is 46.3 Å². The number of nitrogens with zero attached hydrogens (tertiary/aromatic N) is 1. The maximum atomic E-state index is 12.7. The Labute approximate surface area is 126 Å². The average molecular weight is 295 g/mol. The lowest BCUT2D eigenvalue weighted by Crippen LogP contribution is -2.38. The highest BCUT2D eigenvalue weighted by molar-refractivity contribution is 6.30. The van der Waals surface area contributed by atoms with Crippen molar-refractivity contribution in [2.24, 2.45) is 17.6 Å². The first-order chi connectivity index (χ1) is 9.54. The fourth-order valence-corrected chi connectivity index (χ4v) is 3.29. The van der Waals surface area contributed by atoms with Gasteiger partial charge >= 0.3 is 0 Å². The first-order valence-corrected chi connectivity index (χ1v) is 7.64. The third-order valence-corrected chi connectivity index (χ3v) is 4.77. The molecule has 1 fully saturated rings. The number of amides is 1. The number of halogens is 1. The maximum Gasteiger partial charge on any atom is 0.226 e. The van der Waals surface area contributed by atoms with Crippen molar-refractivity contribution in [3.05, 3.63) is 34.9 Å². The van der Waals surface area contributed by atoms with Crippen molar-refractivity contribution < 1.29 is 4.79 Å². The lowest BCUT2D eigenvalue weighted by atomic mass is 9.94. The van der Waals surface area contributed by atoms with Gasteiger partial charge in [-0.3, -0.25) is 4.79 Å². The van der Waals surface area contributed by atoms with Crippen LogP contribution in [0.3, 0.4) is 0 Å². The van der Waals surface area contributed by atoms with Crippen LogP contribution in [0, 0.1) is 11.8 Å². The van der Waals surface area contributed by atoms with Gasteiger partial charge in [0.1, 0.15) is 0 Å². The van der Waals surface area contributed by atoms with Gasteiger partial charge in [0.25, 0.3) is 0 Å². The number of benzene rings is 1. The highest BCUT2D eigenvalue weighted by Crippen LogP contribution is 2.34. The molecule has 0 bridgehead atoms. The van der Waals surface area contributed by atoms with Gasteiger partial charge < -0.3 is 10.6 Å². The van der Waals surface area contributed by atoms with E-state index < -0.39 is 0 Å². The molecule has 2 N–H and O–H groups in total. The molecule has 3 unspecified atom stereocenters. The molecule has 4 heteroatoms. The van der Waals surface area contributed by atoms with Gasteiger partial charge in [-0.05, 0) is 49.9 Å². The minimum absolute atomic E-state index is 0.0280. The van der Waals surface area contributed by atoms with Crippen LogP contribution in [0.2, 0.25) is 5.02 Å². The number of nitrogens with two attached hydrogens (primary N) is 1. The summed E-state index contributed by atoms with van der Waals surface area (Å²) in [7, 11) is 1.87. The largest absolute Gasteiger partial charge is 0.339 e.